The van der Waals surface area contributed by atoms with Crippen LogP contribution in [0.15, 0.2) is 0 Å². The predicted molar refractivity (Wildman–Crippen MR) is 60.1 cm³/mol. The van der Waals surface area contributed by atoms with Gasteiger partial charge in [-0.15, -0.1) is 0 Å². The number of nitrogens with one attached hydrogen (secondary N) is 1. The molecule has 1 N–H and O–H groups in total. The fraction of sp³-hybridized carbons (Fsp3) is 1.00. The van der Waals surface area contributed by atoms with Crippen LogP contribution in [0.4, 0.5) is 0 Å². The first-order valence-corrected chi connectivity index (χ1v) is 5.54. The highest BCUT2D eigenvalue weighted by atomic mass is 15.1. The van der Waals surface area contributed by atoms with Crippen molar-refractivity contribution < 1.29 is 0 Å². The summed E-state index contributed by atoms with van der Waals surface area (Å²) in [5, 5.41) is 3.60. The monoisotopic (exact) mass is 186 g/mol. The van der Waals surface area contributed by atoms with Crippen LogP contribution in [0.25, 0.3) is 0 Å². The normalized spacial score (nSPS) is 14.1. The second-order valence-electron chi connectivity index (χ2n) is 4.16. The smallest absolute Gasteiger partial charge is 0.0197 e. The minimum absolute atomic E-state index is 0.599. The van der Waals surface area contributed by atoms with Crippen LogP contribution >= 0.6 is 0 Å². The zero-order valence-electron chi connectivity index (χ0n) is 9.93. The molecule has 0 heterocycles. The van der Waals surface area contributed by atoms with Crippen molar-refractivity contribution in [2.75, 3.05) is 20.1 Å². The average molecular weight is 186 g/mol. The molecule has 80 valence electrons. The van der Waals surface area contributed by atoms with Crippen molar-refractivity contribution in [2.24, 2.45) is 0 Å². The lowest BCUT2D eigenvalue weighted by Crippen LogP contribution is -2.42. The van der Waals surface area contributed by atoms with E-state index in [9.17, 15) is 0 Å². The van der Waals surface area contributed by atoms with Crippen LogP contribution in [0.2, 0.25) is 0 Å². The zero-order valence-corrected chi connectivity index (χ0v) is 9.93. The minimum atomic E-state index is 0.599. The molecule has 0 aliphatic carbocycles. The molecule has 0 aromatic rings. The Morgan fingerprint density at radius 2 is 1.85 bits per heavy atom. The molecule has 0 aromatic carbocycles. The van der Waals surface area contributed by atoms with Crippen molar-refractivity contribution >= 4 is 0 Å². The van der Waals surface area contributed by atoms with Gasteiger partial charge in [-0.05, 0) is 20.0 Å². The summed E-state index contributed by atoms with van der Waals surface area (Å²) in [6, 6.07) is 1.26. The van der Waals surface area contributed by atoms with E-state index in [0.717, 1.165) is 6.54 Å². The molecule has 0 radical (unpaired) electrons. The van der Waals surface area contributed by atoms with Crippen LogP contribution in [0, 0.1) is 0 Å². The van der Waals surface area contributed by atoms with Gasteiger partial charge in [0.1, 0.15) is 0 Å². The van der Waals surface area contributed by atoms with Crippen molar-refractivity contribution in [3.63, 3.8) is 0 Å². The van der Waals surface area contributed by atoms with E-state index in [1.165, 1.54) is 19.4 Å². The quantitative estimate of drug-likeness (QED) is 0.655. The third-order valence-electron chi connectivity index (χ3n) is 2.28. The highest BCUT2D eigenvalue weighted by molar-refractivity contribution is 4.71. The molecule has 0 aromatic heterocycles. The van der Waals surface area contributed by atoms with Gasteiger partial charge in [-0.25, -0.2) is 0 Å². The lowest BCUT2D eigenvalue weighted by Gasteiger charge is -2.25. The van der Waals surface area contributed by atoms with E-state index in [2.05, 4.69) is 45.0 Å². The Bertz CT molecular complexity index is 113. The van der Waals surface area contributed by atoms with Gasteiger partial charge in [-0.2, -0.15) is 0 Å². The molecule has 1 atom stereocenters. The maximum atomic E-state index is 3.60. The van der Waals surface area contributed by atoms with Gasteiger partial charge in [0, 0.05) is 18.6 Å². The SMILES string of the molecule is CCCC(CN(C)CC)NC(C)C. The molecule has 2 heteroatoms. The van der Waals surface area contributed by atoms with Gasteiger partial charge in [-0.3, -0.25) is 0 Å². The van der Waals surface area contributed by atoms with Gasteiger partial charge in [0.15, 0.2) is 0 Å². The maximum absolute atomic E-state index is 3.60. The Morgan fingerprint density at radius 1 is 1.23 bits per heavy atom. The number of hydrogen-bond donors (Lipinski definition) is 1. The minimum Gasteiger partial charge on any atom is -0.311 e. The first kappa shape index (κ1) is 12.9. The fourth-order valence-electron chi connectivity index (χ4n) is 1.55. The standard InChI is InChI=1S/C11H26N2/c1-6-8-11(12-10(3)4)9-13(5)7-2/h10-12H,6-9H2,1-5H3. The molecule has 0 fully saturated rings. The third kappa shape index (κ3) is 7.03. The molecule has 0 aliphatic rings. The summed E-state index contributed by atoms with van der Waals surface area (Å²) in [5.74, 6) is 0. The van der Waals surface area contributed by atoms with Gasteiger partial charge >= 0.3 is 0 Å². The van der Waals surface area contributed by atoms with E-state index in [4.69, 9.17) is 0 Å². The Balaban J connectivity index is 3.78. The van der Waals surface area contributed by atoms with Crippen LogP contribution in [0.1, 0.15) is 40.5 Å². The van der Waals surface area contributed by atoms with E-state index in [1.807, 2.05) is 0 Å². The molecule has 0 saturated carbocycles. The van der Waals surface area contributed by atoms with Gasteiger partial charge < -0.3 is 10.2 Å². The first-order chi connectivity index (χ1) is 6.10. The summed E-state index contributed by atoms with van der Waals surface area (Å²) in [5.41, 5.74) is 0. The molecule has 0 amide bonds. The number of rotatable bonds is 7. The van der Waals surface area contributed by atoms with Gasteiger partial charge in [-0.1, -0.05) is 34.1 Å². The topological polar surface area (TPSA) is 15.3 Å². The Labute approximate surface area is 83.7 Å². The fourth-order valence-corrected chi connectivity index (χ4v) is 1.55. The molecule has 13 heavy (non-hydrogen) atoms. The lowest BCUT2D eigenvalue weighted by atomic mass is 10.1. The summed E-state index contributed by atoms with van der Waals surface area (Å²) in [7, 11) is 2.19. The molecule has 0 aliphatic heterocycles. The summed E-state index contributed by atoms with van der Waals surface area (Å²) >= 11 is 0. The molecule has 0 bridgehead atoms. The van der Waals surface area contributed by atoms with Crippen molar-refractivity contribution in [1.82, 2.24) is 10.2 Å². The Morgan fingerprint density at radius 3 is 2.23 bits per heavy atom. The molecule has 0 spiro atoms. The molecule has 0 rings (SSSR count). The average Bonchev–Trinajstić information content (AvgIpc) is 2.03. The summed E-state index contributed by atoms with van der Waals surface area (Å²) in [6.45, 7) is 11.2. The third-order valence-corrected chi connectivity index (χ3v) is 2.28. The van der Waals surface area contributed by atoms with Crippen molar-refractivity contribution in [2.45, 2.75) is 52.6 Å². The highest BCUT2D eigenvalue weighted by Gasteiger charge is 2.10. The van der Waals surface area contributed by atoms with Crippen molar-refractivity contribution in [1.29, 1.82) is 0 Å². The maximum Gasteiger partial charge on any atom is 0.0197 e. The Hall–Kier alpha value is -0.0800. The molecule has 2 nitrogen and oxygen atoms in total. The number of nitrogens with zero attached hydrogens (tertiary/aromatic N) is 1. The van der Waals surface area contributed by atoms with Gasteiger partial charge in [0.05, 0.1) is 0 Å². The molecule has 0 saturated heterocycles. The summed E-state index contributed by atoms with van der Waals surface area (Å²) in [6.07, 6.45) is 2.55. The van der Waals surface area contributed by atoms with Crippen molar-refractivity contribution in [3.8, 4) is 0 Å². The summed E-state index contributed by atoms with van der Waals surface area (Å²) in [4.78, 5) is 2.37. The van der Waals surface area contributed by atoms with E-state index >= 15 is 0 Å². The van der Waals surface area contributed by atoms with Gasteiger partial charge in [0.25, 0.3) is 0 Å². The molecule has 1 unspecified atom stereocenters. The first-order valence-electron chi connectivity index (χ1n) is 5.54. The number of hydrogen-bond acceptors (Lipinski definition) is 2. The second-order valence-corrected chi connectivity index (χ2v) is 4.16. The summed E-state index contributed by atoms with van der Waals surface area (Å²) < 4.78 is 0. The molecular weight excluding hydrogens is 160 g/mol. The van der Waals surface area contributed by atoms with Gasteiger partial charge in [0.2, 0.25) is 0 Å². The van der Waals surface area contributed by atoms with E-state index in [-0.39, 0.29) is 0 Å². The highest BCUT2D eigenvalue weighted by Crippen LogP contribution is 2.00. The van der Waals surface area contributed by atoms with E-state index in [0.29, 0.717) is 12.1 Å². The predicted octanol–water partition coefficient (Wildman–Crippen LogP) is 2.10. The van der Waals surface area contributed by atoms with Crippen LogP contribution in [-0.2, 0) is 0 Å². The van der Waals surface area contributed by atoms with Crippen LogP contribution in [0.5, 0.6) is 0 Å². The van der Waals surface area contributed by atoms with Crippen molar-refractivity contribution in [3.05, 3.63) is 0 Å². The largest absolute Gasteiger partial charge is 0.311 e. The van der Waals surface area contributed by atoms with E-state index < -0.39 is 0 Å². The zero-order chi connectivity index (χ0) is 10.3. The van der Waals surface area contributed by atoms with E-state index in [1.54, 1.807) is 0 Å². The lowest BCUT2D eigenvalue weighted by molar-refractivity contribution is 0.282. The van der Waals surface area contributed by atoms with Crippen LogP contribution in [0.3, 0.4) is 0 Å². The number of likely N-dealkylation sites (N-methyl/N-ethyl adjacent to an activating group) is 1. The van der Waals surface area contributed by atoms with Crippen LogP contribution < -0.4 is 5.32 Å². The Kier molecular flexibility index (Phi) is 7.29. The molecular formula is C11H26N2. The second kappa shape index (κ2) is 7.34. The van der Waals surface area contributed by atoms with Crippen LogP contribution in [-0.4, -0.2) is 37.1 Å².